The quantitative estimate of drug-likeness (QED) is 0.433. The highest BCUT2D eigenvalue weighted by Gasteiger charge is 2.39. The molecule has 0 spiro atoms. The molecule has 1 aromatic carbocycles. The number of hydrogen-bond acceptors (Lipinski definition) is 8. The Morgan fingerprint density at radius 2 is 1.85 bits per heavy atom. The number of nitrogens with zero attached hydrogens (tertiary/aromatic N) is 4. The number of likely N-dealkylation sites (N-methyl/N-ethyl adjacent to an activating group) is 1. The molecule has 180 valence electrons. The number of aromatic amines is 1. The largest absolute Gasteiger partial charge is 0.434 e. The van der Waals surface area contributed by atoms with E-state index in [9.17, 15) is 0 Å². The Kier molecular flexibility index (Phi) is 7.23. The smallest absolute Gasteiger partial charge is 0.261 e. The number of rotatable bonds is 4. The fraction of sp³-hybridized carbons (Fsp3) is 0.440. The second-order valence-electron chi connectivity index (χ2n) is 8.78. The van der Waals surface area contributed by atoms with Gasteiger partial charge in [-0.2, -0.15) is 4.98 Å². The molecule has 6 N–H and O–H groups in total. The number of aliphatic imine (C=N–C) groups is 1. The van der Waals surface area contributed by atoms with Crippen LogP contribution in [0.25, 0.3) is 0 Å². The third-order valence-electron chi connectivity index (χ3n) is 6.37. The van der Waals surface area contributed by atoms with Crippen LogP contribution >= 0.6 is 0 Å². The van der Waals surface area contributed by atoms with Crippen LogP contribution < -0.4 is 21.5 Å². The summed E-state index contributed by atoms with van der Waals surface area (Å²) in [5.41, 5.74) is 16.7. The first-order valence-corrected chi connectivity index (χ1v) is 11.9. The number of aryl methyl sites for hydroxylation is 2. The number of nitrogen functional groups attached to an aromatic ring is 1. The average molecular weight is 463 g/mol. The van der Waals surface area contributed by atoms with Gasteiger partial charge in [0.2, 0.25) is 5.88 Å². The van der Waals surface area contributed by atoms with Gasteiger partial charge in [-0.1, -0.05) is 50.5 Å². The van der Waals surface area contributed by atoms with Gasteiger partial charge in [-0.05, 0) is 38.3 Å². The number of benzene rings is 1. The number of hydrogen-bond donors (Lipinski definition) is 4. The van der Waals surface area contributed by atoms with Crippen LogP contribution in [0.15, 0.2) is 41.8 Å². The zero-order chi connectivity index (χ0) is 24.1. The summed E-state index contributed by atoms with van der Waals surface area (Å²) in [4.78, 5) is 19.9. The van der Waals surface area contributed by atoms with Crippen molar-refractivity contribution in [3.05, 3.63) is 59.4 Å². The van der Waals surface area contributed by atoms with Crippen molar-refractivity contribution in [2.75, 3.05) is 12.8 Å². The molecule has 1 atom stereocenters. The monoisotopic (exact) mass is 462 g/mol. The van der Waals surface area contributed by atoms with E-state index in [1.165, 1.54) is 44.0 Å². The van der Waals surface area contributed by atoms with Crippen molar-refractivity contribution < 1.29 is 4.74 Å². The maximum atomic E-state index is 6.42. The van der Waals surface area contributed by atoms with Gasteiger partial charge in [0.1, 0.15) is 17.9 Å². The highest BCUT2D eigenvalue weighted by Crippen LogP contribution is 2.37. The summed E-state index contributed by atoms with van der Waals surface area (Å²) in [6.45, 7) is 4.09. The van der Waals surface area contributed by atoms with Gasteiger partial charge in [0, 0.05) is 23.9 Å². The van der Waals surface area contributed by atoms with E-state index in [-0.39, 0.29) is 11.7 Å². The lowest BCUT2D eigenvalue weighted by Crippen LogP contribution is -2.64. The van der Waals surface area contributed by atoms with Crippen LogP contribution in [0, 0.1) is 6.92 Å². The van der Waals surface area contributed by atoms with Gasteiger partial charge in [-0.25, -0.2) is 15.0 Å². The summed E-state index contributed by atoms with van der Waals surface area (Å²) in [6, 6.07) is 8.45. The summed E-state index contributed by atoms with van der Waals surface area (Å²) in [7, 11) is 1.72. The Bertz CT molecular complexity index is 1130. The molecule has 1 fully saturated rings. The van der Waals surface area contributed by atoms with Crippen molar-refractivity contribution in [1.82, 2.24) is 25.3 Å². The number of anilines is 1. The Labute approximate surface area is 200 Å². The number of fused-ring (bicyclic) bond motifs is 1. The highest BCUT2D eigenvalue weighted by atomic mass is 16.5. The van der Waals surface area contributed by atoms with Gasteiger partial charge in [0.15, 0.2) is 11.5 Å². The van der Waals surface area contributed by atoms with Crippen molar-refractivity contribution in [2.45, 2.75) is 64.1 Å². The Hall–Kier alpha value is -3.30. The minimum atomic E-state index is -1.28. The van der Waals surface area contributed by atoms with Crippen LogP contribution in [-0.2, 0) is 6.42 Å². The van der Waals surface area contributed by atoms with Gasteiger partial charge in [-0.15, -0.1) is 0 Å². The van der Waals surface area contributed by atoms with Crippen molar-refractivity contribution in [2.24, 2.45) is 10.7 Å². The summed E-state index contributed by atoms with van der Waals surface area (Å²) >= 11 is 0. The van der Waals surface area contributed by atoms with Crippen molar-refractivity contribution >= 4 is 17.2 Å². The van der Waals surface area contributed by atoms with E-state index in [4.69, 9.17) is 16.2 Å². The normalized spacial score (nSPS) is 19.9. The summed E-state index contributed by atoms with van der Waals surface area (Å²) < 4.78 is 5.87. The van der Waals surface area contributed by atoms with Crippen LogP contribution in [0.5, 0.6) is 5.88 Å². The van der Waals surface area contributed by atoms with Gasteiger partial charge < -0.3 is 15.5 Å². The minimum Gasteiger partial charge on any atom is -0.434 e. The Morgan fingerprint density at radius 1 is 1.12 bits per heavy atom. The van der Waals surface area contributed by atoms with Gasteiger partial charge in [-0.3, -0.25) is 11.1 Å². The molecule has 2 aliphatic rings. The van der Waals surface area contributed by atoms with E-state index in [2.05, 4.69) is 61.4 Å². The van der Waals surface area contributed by atoms with Crippen LogP contribution in [0.3, 0.4) is 0 Å². The third kappa shape index (κ3) is 5.10. The number of H-pyrrole nitrogens is 1. The summed E-state index contributed by atoms with van der Waals surface area (Å²) in [6.07, 6.45) is 10.7. The zero-order valence-electron chi connectivity index (χ0n) is 20.1. The lowest BCUT2D eigenvalue weighted by atomic mass is 9.83. The first-order chi connectivity index (χ1) is 16.4. The molecule has 3 aromatic rings. The van der Waals surface area contributed by atoms with E-state index < -0.39 is 5.85 Å². The van der Waals surface area contributed by atoms with Gasteiger partial charge in [0.05, 0.1) is 0 Å². The molecule has 1 saturated carbocycles. The predicted octanol–water partition coefficient (Wildman–Crippen LogP) is 3.73. The second kappa shape index (κ2) is 10.3. The molecule has 1 aliphatic carbocycles. The molecule has 1 unspecified atom stereocenters. The van der Waals surface area contributed by atoms with Crippen molar-refractivity contribution in [1.29, 1.82) is 0 Å². The zero-order valence-corrected chi connectivity index (χ0v) is 20.1. The molecule has 0 amide bonds. The number of aromatic nitrogens is 4. The van der Waals surface area contributed by atoms with E-state index in [0.29, 0.717) is 17.3 Å². The van der Waals surface area contributed by atoms with E-state index in [1.54, 1.807) is 7.05 Å². The molecule has 0 saturated heterocycles. The van der Waals surface area contributed by atoms with E-state index in [1.807, 2.05) is 13.1 Å². The standard InChI is InChI=1S/C19H24N6O.C6H10N2/c1-22-19(21)16(25-15-17(20)23-11-24-18(15)26-19)14-9-7-13(8-10-14)12-5-3-2-4-6-12;1-3-6-7-4-5(2)8-6/h7-12,22H,2-6,21H2,1H3,(H2,20,23,24);4H,3H2,1-2H3,(H,7,8). The van der Waals surface area contributed by atoms with Crippen molar-refractivity contribution in [3.63, 3.8) is 0 Å². The fourth-order valence-electron chi connectivity index (χ4n) is 4.39. The number of nitrogens with one attached hydrogen (secondary N) is 2. The molecule has 0 bridgehead atoms. The molecule has 9 nitrogen and oxygen atoms in total. The molecule has 3 heterocycles. The van der Waals surface area contributed by atoms with Gasteiger partial charge in [0.25, 0.3) is 5.85 Å². The minimum absolute atomic E-state index is 0.268. The second-order valence-corrected chi connectivity index (χ2v) is 8.78. The first-order valence-electron chi connectivity index (χ1n) is 11.9. The fourth-order valence-corrected chi connectivity index (χ4v) is 4.39. The Balaban J connectivity index is 0.000000291. The van der Waals surface area contributed by atoms with Gasteiger partial charge >= 0.3 is 0 Å². The van der Waals surface area contributed by atoms with Crippen LogP contribution in [0.2, 0.25) is 0 Å². The Morgan fingerprint density at radius 3 is 2.44 bits per heavy atom. The SMILES string of the molecule is CCc1ncc(C)[nH]1.CNC1(N)Oc2ncnc(N)c2N=C1c1ccc(C2CCCCC2)cc1. The summed E-state index contributed by atoms with van der Waals surface area (Å²) in [5, 5.41) is 2.99. The molecular formula is C25H34N8O. The maximum Gasteiger partial charge on any atom is 0.261 e. The predicted molar refractivity (Wildman–Crippen MR) is 134 cm³/mol. The number of ether oxygens (including phenoxy) is 1. The maximum absolute atomic E-state index is 6.42. The van der Waals surface area contributed by atoms with Crippen LogP contribution in [0.1, 0.15) is 67.6 Å². The first kappa shape index (κ1) is 23.8. The number of imidazole rings is 1. The molecule has 1 aliphatic heterocycles. The van der Waals surface area contributed by atoms with Crippen LogP contribution in [-0.4, -0.2) is 38.5 Å². The summed E-state index contributed by atoms with van der Waals surface area (Å²) in [5.74, 6) is 0.989. The highest BCUT2D eigenvalue weighted by molar-refractivity contribution is 6.09. The average Bonchev–Trinajstić information content (AvgIpc) is 3.30. The lowest BCUT2D eigenvalue weighted by Gasteiger charge is -2.34. The third-order valence-corrected chi connectivity index (χ3v) is 6.37. The number of nitrogens with two attached hydrogens (primary N) is 2. The van der Waals surface area contributed by atoms with Crippen molar-refractivity contribution in [3.8, 4) is 5.88 Å². The van der Waals surface area contributed by atoms with Crippen LogP contribution in [0.4, 0.5) is 11.5 Å². The van der Waals surface area contributed by atoms with E-state index in [0.717, 1.165) is 23.5 Å². The lowest BCUT2D eigenvalue weighted by molar-refractivity contribution is 0.110. The molecule has 0 radical (unpaired) electrons. The molecule has 34 heavy (non-hydrogen) atoms. The topological polar surface area (TPSA) is 140 Å². The molecule has 9 heteroatoms. The molecular weight excluding hydrogens is 428 g/mol. The molecule has 5 rings (SSSR count). The molecule has 2 aromatic heterocycles. The van der Waals surface area contributed by atoms with E-state index >= 15 is 0 Å².